The van der Waals surface area contributed by atoms with E-state index in [0.717, 1.165) is 72.9 Å². The molecule has 0 aliphatic heterocycles. The van der Waals surface area contributed by atoms with Crippen LogP contribution in [-0.4, -0.2) is 233 Å². The second-order valence-electron chi connectivity index (χ2n) is 12.8. The van der Waals surface area contributed by atoms with Crippen LogP contribution < -0.4 is 0 Å². The fourth-order valence-electron chi connectivity index (χ4n) is 3.69. The lowest BCUT2D eigenvalue weighted by Crippen LogP contribution is -2.14. The molecule has 0 spiro atoms. The van der Waals surface area contributed by atoms with E-state index in [2.05, 4.69) is 28.4 Å². The van der Waals surface area contributed by atoms with Gasteiger partial charge >= 0.3 is 71.6 Å². The molecule has 0 fully saturated rings. The summed E-state index contributed by atoms with van der Waals surface area (Å²) in [4.78, 5) is 131. The minimum atomic E-state index is -0.710. The lowest BCUT2D eigenvalue weighted by atomic mass is 10.5. The van der Waals surface area contributed by atoms with Crippen LogP contribution in [-0.2, 0) is 143 Å². The zero-order valence-corrected chi connectivity index (χ0v) is 43.9. The maximum Gasteiger partial charge on any atom is 0.331 e. The zero-order chi connectivity index (χ0) is 58.9. The highest BCUT2D eigenvalue weighted by Gasteiger charge is 2.05. The summed E-state index contributed by atoms with van der Waals surface area (Å²) >= 11 is 0. The monoisotopic (exact) mass is 1120 g/mol. The van der Waals surface area contributed by atoms with Crippen LogP contribution >= 0.6 is 0 Å². The van der Waals surface area contributed by atoms with Gasteiger partial charge in [-0.25, -0.2) is 57.5 Å². The average Bonchev–Trinajstić information content (AvgIpc) is 3.44. The van der Waals surface area contributed by atoms with E-state index in [-0.39, 0.29) is 92.5 Å². The van der Waals surface area contributed by atoms with Crippen LogP contribution in [0.5, 0.6) is 0 Å². The molecule has 78 heavy (non-hydrogen) atoms. The lowest BCUT2D eigenvalue weighted by molar-refractivity contribution is -0.142. The van der Waals surface area contributed by atoms with Crippen molar-refractivity contribution >= 4 is 71.6 Å². The summed E-state index contributed by atoms with van der Waals surface area (Å²) in [6.45, 7) is 2.73. The quantitative estimate of drug-likeness (QED) is 0.0298. The van der Waals surface area contributed by atoms with E-state index in [0.29, 0.717) is 26.4 Å². The van der Waals surface area contributed by atoms with Crippen molar-refractivity contribution in [2.24, 2.45) is 0 Å². The molecule has 30 nitrogen and oxygen atoms in total. The molecular weight excluding hydrogens is 1060 g/mol. The molecule has 0 unspecified atom stereocenters. The summed E-state index contributed by atoms with van der Waals surface area (Å²) in [5, 5.41) is 0. The molecule has 0 N–H and O–H groups in total. The molecule has 0 aromatic carbocycles. The molecule has 0 aliphatic carbocycles. The number of hydrogen-bond donors (Lipinski definition) is 0. The van der Waals surface area contributed by atoms with Crippen LogP contribution in [0.4, 0.5) is 0 Å². The fraction of sp³-hybridized carbons (Fsp3) is 0.500. The van der Waals surface area contributed by atoms with Gasteiger partial charge in [-0.2, -0.15) is 0 Å². The smallest absolute Gasteiger partial charge is 0.331 e. The van der Waals surface area contributed by atoms with Gasteiger partial charge in [0, 0.05) is 72.9 Å². The second-order valence-corrected chi connectivity index (χ2v) is 12.8. The molecule has 0 aromatic rings. The number of hydrogen-bond acceptors (Lipinski definition) is 30. The average molecular weight is 1120 g/mol. The van der Waals surface area contributed by atoms with Crippen LogP contribution in [0.15, 0.2) is 72.9 Å². The summed E-state index contributed by atoms with van der Waals surface area (Å²) in [5.74, 6) is -8.05. The maximum absolute atomic E-state index is 11.2. The van der Waals surface area contributed by atoms with Crippen molar-refractivity contribution in [1.29, 1.82) is 0 Å². The molecule has 30 heteroatoms. The van der Waals surface area contributed by atoms with Crippen LogP contribution in [0.25, 0.3) is 0 Å². The Hall–Kier alpha value is -8.16. The van der Waals surface area contributed by atoms with Gasteiger partial charge in [-0.1, -0.05) is 0 Å². The van der Waals surface area contributed by atoms with Crippen molar-refractivity contribution < 1.29 is 143 Å². The Bertz CT molecular complexity index is 1830. The Balaban J connectivity index is -0.00000109. The van der Waals surface area contributed by atoms with Crippen molar-refractivity contribution in [3.63, 3.8) is 0 Å². The molecule has 0 aromatic heterocycles. The number of esters is 12. The normalized spacial score (nSPS) is 10.7. The lowest BCUT2D eigenvalue weighted by Gasteiger charge is -2.07. The SMILES string of the molecule is COC(=O)/C=C/C(=O)OCCOCCOC(=O)/C=C/C(=O)OC.COC(=O)/C=C/C(=O)OCCOCCOCCOC(=O)/C=C/C(=O)OC.COC(=O)/C=C/C(=O)OCCOCCOCCOCCOC(=O)/C=C/C(=O)OC. The molecule has 0 heterocycles. The molecule has 438 valence electrons. The number of carbonyl (C=O) groups is 12. The highest BCUT2D eigenvalue weighted by atomic mass is 16.6. The summed E-state index contributed by atoms with van der Waals surface area (Å²) < 4.78 is 85.4. The highest BCUT2D eigenvalue weighted by Crippen LogP contribution is 1.92. The first-order chi connectivity index (χ1) is 37.5. The van der Waals surface area contributed by atoms with Crippen molar-refractivity contribution in [1.82, 2.24) is 0 Å². The van der Waals surface area contributed by atoms with Crippen LogP contribution in [0.1, 0.15) is 0 Å². The Kier molecular flexibility index (Phi) is 52.3. The number of rotatable bonds is 39. The first-order valence-electron chi connectivity index (χ1n) is 22.5. The van der Waals surface area contributed by atoms with Crippen LogP contribution in [0, 0.1) is 0 Å². The second kappa shape index (κ2) is 55.1. The Morgan fingerprint density at radius 2 is 0.282 bits per heavy atom. The van der Waals surface area contributed by atoms with Crippen molar-refractivity contribution in [2.45, 2.75) is 0 Å². The van der Waals surface area contributed by atoms with Gasteiger partial charge < -0.3 is 85.3 Å². The predicted molar refractivity (Wildman–Crippen MR) is 258 cm³/mol. The Morgan fingerprint density at radius 1 is 0.179 bits per heavy atom. The molecule has 0 atom stereocenters. The van der Waals surface area contributed by atoms with E-state index < -0.39 is 71.6 Å². The molecule has 0 rings (SSSR count). The van der Waals surface area contributed by atoms with E-state index in [9.17, 15) is 57.5 Å². The largest absolute Gasteiger partial charge is 0.466 e. The van der Waals surface area contributed by atoms with Gasteiger partial charge in [0.1, 0.15) is 39.6 Å². The third-order valence-electron chi connectivity index (χ3n) is 7.29. The van der Waals surface area contributed by atoms with Gasteiger partial charge in [0.15, 0.2) is 0 Å². The Morgan fingerprint density at radius 3 is 0.397 bits per heavy atom. The molecule has 0 amide bonds. The summed E-state index contributed by atoms with van der Waals surface area (Å²) in [6, 6.07) is 0. The molecular formula is C48H66O30. The Labute approximate surface area is 448 Å². The number of methoxy groups -OCH3 is 6. The molecule has 0 bridgehead atoms. The predicted octanol–water partition coefficient (Wildman–Crippen LogP) is -1.31. The molecule has 0 saturated heterocycles. The van der Waals surface area contributed by atoms with Crippen molar-refractivity contribution in [3.05, 3.63) is 72.9 Å². The molecule has 0 aliphatic rings. The summed E-state index contributed by atoms with van der Waals surface area (Å²) in [5.41, 5.74) is 0. The van der Waals surface area contributed by atoms with E-state index in [1.54, 1.807) is 0 Å². The standard InChI is InChI=1S/C18H26O11.C16H22O10.C14H18O9/c1-23-15(19)3-5-17(21)28-13-11-26-9-7-25-8-10-27-12-14-29-18(22)6-4-16(20)24-2;1-21-13(17)3-5-15(19)25-11-9-23-7-8-24-10-12-26-16(20)6-4-14(18)22-2;1-19-11(15)3-5-13(17)22-9-7-21-8-10-23-14(18)6-4-12(16)20-2/h3-6H,7-14H2,1-2H3;3-6H,7-12H2,1-2H3;3-6H,7-10H2,1-2H3/b3*5-3+,6-4+. The fourth-order valence-corrected chi connectivity index (χ4v) is 3.69. The van der Waals surface area contributed by atoms with E-state index in [1.807, 2.05) is 0 Å². The highest BCUT2D eigenvalue weighted by molar-refractivity contribution is 5.94. The number of ether oxygens (including phenoxy) is 18. The van der Waals surface area contributed by atoms with E-state index >= 15 is 0 Å². The van der Waals surface area contributed by atoms with Crippen LogP contribution in [0.3, 0.4) is 0 Å². The minimum absolute atomic E-state index is 0.0223. The first-order valence-corrected chi connectivity index (χ1v) is 22.5. The molecule has 0 saturated carbocycles. The topological polar surface area (TPSA) is 371 Å². The van der Waals surface area contributed by atoms with Gasteiger partial charge in [0.05, 0.1) is 122 Å². The maximum atomic E-state index is 11.2. The van der Waals surface area contributed by atoms with Gasteiger partial charge in [0.2, 0.25) is 0 Å². The van der Waals surface area contributed by atoms with Crippen LogP contribution in [0.2, 0.25) is 0 Å². The zero-order valence-electron chi connectivity index (χ0n) is 43.9. The van der Waals surface area contributed by atoms with Crippen molar-refractivity contribution in [3.8, 4) is 0 Å². The van der Waals surface area contributed by atoms with Gasteiger partial charge in [0.25, 0.3) is 0 Å². The first kappa shape index (κ1) is 74.1. The summed E-state index contributed by atoms with van der Waals surface area (Å²) in [6.07, 6.45) is 11.4. The van der Waals surface area contributed by atoms with Gasteiger partial charge in [-0.05, 0) is 0 Å². The summed E-state index contributed by atoms with van der Waals surface area (Å²) in [7, 11) is 7.16. The third kappa shape index (κ3) is 57.1. The van der Waals surface area contributed by atoms with Gasteiger partial charge in [-0.3, -0.25) is 0 Å². The third-order valence-corrected chi connectivity index (χ3v) is 7.29. The number of carbonyl (C=O) groups excluding carboxylic acids is 12. The minimum Gasteiger partial charge on any atom is -0.466 e. The van der Waals surface area contributed by atoms with E-state index in [4.69, 9.17) is 56.8 Å². The van der Waals surface area contributed by atoms with Crippen molar-refractivity contribution in [2.75, 3.05) is 162 Å². The molecule has 0 radical (unpaired) electrons. The van der Waals surface area contributed by atoms with E-state index in [1.165, 1.54) is 42.7 Å². The van der Waals surface area contributed by atoms with Gasteiger partial charge in [-0.15, -0.1) is 0 Å².